The highest BCUT2D eigenvalue weighted by molar-refractivity contribution is 9.13. The van der Waals surface area contributed by atoms with Crippen molar-refractivity contribution in [2.24, 2.45) is 5.10 Å². The number of benzene rings is 2. The van der Waals surface area contributed by atoms with Crippen LogP contribution in [0.4, 0.5) is 0 Å². The lowest BCUT2D eigenvalue weighted by Gasteiger charge is -2.14. The Morgan fingerprint density at radius 2 is 1.96 bits per heavy atom. The minimum Gasteiger partial charge on any atom is -0.493 e. The second kappa shape index (κ2) is 8.75. The quantitative estimate of drug-likeness (QED) is 0.390. The number of fused-ring (bicyclic) bond motifs is 1. The van der Waals surface area contributed by atoms with Crippen molar-refractivity contribution in [3.63, 3.8) is 0 Å². The number of halogens is 3. The Kier molecular flexibility index (Phi) is 6.57. The van der Waals surface area contributed by atoms with Gasteiger partial charge < -0.3 is 9.47 Å². The van der Waals surface area contributed by atoms with Gasteiger partial charge in [0.2, 0.25) is 0 Å². The molecule has 0 atom stereocenters. The maximum absolute atomic E-state index is 12.9. The fourth-order valence-corrected chi connectivity index (χ4v) is 3.94. The van der Waals surface area contributed by atoms with E-state index in [2.05, 4.69) is 57.9 Å². The summed E-state index contributed by atoms with van der Waals surface area (Å²) in [6, 6.07) is 7.17. The Bertz CT molecular complexity index is 1140. The number of rotatable bonds is 5. The second-order valence-corrected chi connectivity index (χ2v) is 8.24. The van der Waals surface area contributed by atoms with Crippen molar-refractivity contribution >= 4 is 64.9 Å². The topological polar surface area (TPSA) is 65.7 Å². The molecule has 0 aliphatic carbocycles. The van der Waals surface area contributed by atoms with E-state index in [0.717, 1.165) is 8.95 Å². The molecule has 6 nitrogen and oxygen atoms in total. The lowest BCUT2D eigenvalue weighted by Crippen LogP contribution is -2.20. The third kappa shape index (κ3) is 4.01. The maximum Gasteiger partial charge on any atom is 0.282 e. The molecular weight excluding hydrogens is 558 g/mol. The van der Waals surface area contributed by atoms with Gasteiger partial charge in [-0.3, -0.25) is 4.79 Å². The van der Waals surface area contributed by atoms with Gasteiger partial charge in [0, 0.05) is 14.5 Å². The molecule has 1 heterocycles. The molecular formula is C19H16Br3N3O3. The van der Waals surface area contributed by atoms with E-state index in [1.165, 1.54) is 4.68 Å². The summed E-state index contributed by atoms with van der Waals surface area (Å²) in [5.41, 5.74) is 1.10. The van der Waals surface area contributed by atoms with Gasteiger partial charge in [0.25, 0.3) is 5.56 Å². The van der Waals surface area contributed by atoms with Gasteiger partial charge >= 0.3 is 0 Å². The van der Waals surface area contributed by atoms with Crippen LogP contribution >= 0.6 is 47.8 Å². The number of hydrogen-bond acceptors (Lipinski definition) is 5. The highest BCUT2D eigenvalue weighted by Crippen LogP contribution is 2.42. The van der Waals surface area contributed by atoms with Crippen LogP contribution in [0.5, 0.6) is 11.5 Å². The van der Waals surface area contributed by atoms with Gasteiger partial charge in [-0.2, -0.15) is 9.78 Å². The van der Waals surface area contributed by atoms with Crippen molar-refractivity contribution in [1.82, 2.24) is 9.66 Å². The molecule has 9 heteroatoms. The Balaban J connectivity index is 2.12. The molecule has 0 spiro atoms. The molecule has 0 N–H and O–H groups in total. The summed E-state index contributed by atoms with van der Waals surface area (Å²) in [4.78, 5) is 17.3. The molecule has 0 bridgehead atoms. The molecule has 0 saturated carbocycles. The van der Waals surface area contributed by atoms with Crippen LogP contribution in [0.15, 0.2) is 47.6 Å². The first kappa shape index (κ1) is 21.0. The molecule has 0 unspecified atom stereocenters. The van der Waals surface area contributed by atoms with Crippen LogP contribution in [-0.2, 0) is 0 Å². The molecule has 0 aliphatic heterocycles. The van der Waals surface area contributed by atoms with Crippen LogP contribution in [0.3, 0.4) is 0 Å². The van der Waals surface area contributed by atoms with Gasteiger partial charge in [-0.25, -0.2) is 4.98 Å². The number of methoxy groups -OCH3 is 1. The van der Waals surface area contributed by atoms with Crippen molar-refractivity contribution in [3.05, 3.63) is 59.4 Å². The molecule has 1 aromatic heterocycles. The summed E-state index contributed by atoms with van der Waals surface area (Å²) in [6.07, 6.45) is 1.58. The lowest BCUT2D eigenvalue weighted by molar-refractivity contribution is 0.308. The zero-order chi connectivity index (χ0) is 20.4. The van der Waals surface area contributed by atoms with Gasteiger partial charge in [0.05, 0.1) is 35.3 Å². The zero-order valence-corrected chi connectivity index (χ0v) is 20.1. The Labute approximate surface area is 187 Å². The van der Waals surface area contributed by atoms with Gasteiger partial charge in [0.1, 0.15) is 5.82 Å². The molecule has 0 radical (unpaired) electrons. The smallest absolute Gasteiger partial charge is 0.282 e. The summed E-state index contributed by atoms with van der Waals surface area (Å²) in [5.74, 6) is 1.65. The Hall–Kier alpha value is -1.71. The van der Waals surface area contributed by atoms with Crippen LogP contribution in [0.25, 0.3) is 10.9 Å². The third-order valence-corrected chi connectivity index (χ3v) is 6.58. The monoisotopic (exact) mass is 571 g/mol. The normalized spacial score (nSPS) is 11.4. The predicted molar refractivity (Wildman–Crippen MR) is 121 cm³/mol. The van der Waals surface area contributed by atoms with E-state index in [9.17, 15) is 4.79 Å². The van der Waals surface area contributed by atoms with Crippen molar-refractivity contribution in [2.45, 2.75) is 13.8 Å². The fourth-order valence-electron chi connectivity index (χ4n) is 2.64. The predicted octanol–water partition coefficient (Wildman–Crippen LogP) is 5.28. The molecule has 28 heavy (non-hydrogen) atoms. The van der Waals surface area contributed by atoms with Crippen LogP contribution in [0.1, 0.15) is 18.3 Å². The first-order chi connectivity index (χ1) is 13.4. The number of aromatic nitrogens is 2. The number of aryl methyl sites for hydroxylation is 1. The highest BCUT2D eigenvalue weighted by Gasteiger charge is 2.16. The number of nitrogens with zero attached hydrogens (tertiary/aromatic N) is 3. The first-order valence-corrected chi connectivity index (χ1v) is 10.7. The molecule has 146 valence electrons. The summed E-state index contributed by atoms with van der Waals surface area (Å²) in [5, 5.41) is 4.85. The van der Waals surface area contributed by atoms with Gasteiger partial charge in [-0.05, 0) is 70.0 Å². The molecule has 2 aromatic carbocycles. The minimum atomic E-state index is -0.242. The van der Waals surface area contributed by atoms with Crippen molar-refractivity contribution in [2.75, 3.05) is 13.7 Å². The molecule has 0 fully saturated rings. The van der Waals surface area contributed by atoms with Crippen molar-refractivity contribution in [3.8, 4) is 11.5 Å². The van der Waals surface area contributed by atoms with Crippen molar-refractivity contribution in [1.29, 1.82) is 0 Å². The molecule has 3 aromatic rings. The average molecular weight is 574 g/mol. The van der Waals surface area contributed by atoms with E-state index >= 15 is 0 Å². The standard InChI is InChI=1S/C19H16Br3N3O3/c1-4-28-18-15(27-3)7-11(16(21)17(18)22)9-23-25-10(2)24-14-6-5-12(20)8-13(14)19(25)26/h5-9H,4H2,1-3H3. The number of hydrogen-bond donors (Lipinski definition) is 0. The highest BCUT2D eigenvalue weighted by atomic mass is 79.9. The van der Waals surface area contributed by atoms with E-state index in [1.807, 2.05) is 13.0 Å². The largest absolute Gasteiger partial charge is 0.493 e. The van der Waals surface area contributed by atoms with Gasteiger partial charge in [-0.1, -0.05) is 15.9 Å². The summed E-state index contributed by atoms with van der Waals surface area (Å²) < 4.78 is 14.6. The Morgan fingerprint density at radius 1 is 1.21 bits per heavy atom. The van der Waals surface area contributed by atoms with Crippen LogP contribution in [0.2, 0.25) is 0 Å². The number of ether oxygens (including phenoxy) is 2. The zero-order valence-electron chi connectivity index (χ0n) is 15.3. The van der Waals surface area contributed by atoms with Crippen molar-refractivity contribution < 1.29 is 9.47 Å². The minimum absolute atomic E-state index is 0.242. The van der Waals surface area contributed by atoms with Gasteiger partial charge in [0.15, 0.2) is 11.5 Å². The maximum atomic E-state index is 12.9. The fraction of sp³-hybridized carbons (Fsp3) is 0.211. The average Bonchev–Trinajstić information content (AvgIpc) is 2.67. The third-order valence-electron chi connectivity index (χ3n) is 3.95. The van der Waals surface area contributed by atoms with Gasteiger partial charge in [-0.15, -0.1) is 0 Å². The molecule has 0 aliphatic rings. The molecule has 0 saturated heterocycles. The molecule has 3 rings (SSSR count). The van der Waals surface area contributed by atoms with E-state index in [-0.39, 0.29) is 5.56 Å². The Morgan fingerprint density at radius 3 is 2.64 bits per heavy atom. The van der Waals surface area contributed by atoms with Crippen LogP contribution in [-0.4, -0.2) is 29.6 Å². The summed E-state index contributed by atoms with van der Waals surface area (Å²) in [6.45, 7) is 4.14. The second-order valence-electron chi connectivity index (χ2n) is 5.74. The summed E-state index contributed by atoms with van der Waals surface area (Å²) >= 11 is 10.4. The SMILES string of the molecule is CCOc1c(OC)cc(C=Nn2c(C)nc3ccc(Br)cc3c2=O)c(Br)c1Br. The lowest BCUT2D eigenvalue weighted by atomic mass is 10.2. The molecule has 0 amide bonds. The van der Waals surface area contributed by atoms with E-state index in [1.54, 1.807) is 38.4 Å². The van der Waals surface area contributed by atoms with Crippen LogP contribution < -0.4 is 15.0 Å². The van der Waals surface area contributed by atoms with Crippen LogP contribution in [0, 0.1) is 6.92 Å². The van der Waals surface area contributed by atoms with E-state index in [0.29, 0.717) is 44.9 Å². The summed E-state index contributed by atoms with van der Waals surface area (Å²) in [7, 11) is 1.57. The first-order valence-electron chi connectivity index (χ1n) is 8.29. The van der Waals surface area contributed by atoms with E-state index < -0.39 is 0 Å². The van der Waals surface area contributed by atoms with E-state index in [4.69, 9.17) is 9.47 Å².